The van der Waals surface area contributed by atoms with Crippen LogP contribution in [0.15, 0.2) is 35.1 Å². The zero-order valence-corrected chi connectivity index (χ0v) is 10.0. The van der Waals surface area contributed by atoms with Crippen molar-refractivity contribution in [2.45, 2.75) is 0 Å². The average molecular weight is 297 g/mol. The molecule has 0 aliphatic carbocycles. The molecule has 1 aromatic heterocycles. The van der Waals surface area contributed by atoms with E-state index in [0.717, 1.165) is 0 Å². The van der Waals surface area contributed by atoms with Crippen molar-refractivity contribution in [2.75, 3.05) is 0 Å². The lowest BCUT2D eigenvalue weighted by Crippen LogP contribution is -1.94. The van der Waals surface area contributed by atoms with Crippen molar-refractivity contribution >= 4 is 22.2 Å². The number of ether oxygens (including phenoxy) is 1. The minimum Gasteiger partial charge on any atom is -0.423 e. The van der Waals surface area contributed by atoms with Crippen LogP contribution in [0.4, 0.5) is 4.39 Å². The Morgan fingerprint density at radius 3 is 2.59 bits per heavy atom. The van der Waals surface area contributed by atoms with Gasteiger partial charge < -0.3 is 4.74 Å². The first-order valence-corrected chi connectivity index (χ1v) is 5.38. The van der Waals surface area contributed by atoms with Gasteiger partial charge in [0.1, 0.15) is 11.6 Å². The Kier molecular flexibility index (Phi) is 3.43. The van der Waals surface area contributed by atoms with Crippen LogP contribution in [-0.4, -0.2) is 16.3 Å². The highest BCUT2D eigenvalue weighted by molar-refractivity contribution is 9.10. The van der Waals surface area contributed by atoms with Gasteiger partial charge in [-0.1, -0.05) is 0 Å². The molecule has 0 fully saturated rings. The van der Waals surface area contributed by atoms with Crippen LogP contribution in [0.5, 0.6) is 11.8 Å². The highest BCUT2D eigenvalue weighted by Crippen LogP contribution is 2.28. The maximum absolute atomic E-state index is 12.8. The van der Waals surface area contributed by atoms with Crippen molar-refractivity contribution in [2.24, 2.45) is 0 Å². The smallest absolute Gasteiger partial charge is 0.321 e. The van der Waals surface area contributed by atoms with E-state index in [1.807, 2.05) is 0 Å². The van der Waals surface area contributed by atoms with Gasteiger partial charge in [0.05, 0.1) is 10.0 Å². The minimum atomic E-state index is -0.374. The molecule has 0 aliphatic rings. The summed E-state index contributed by atoms with van der Waals surface area (Å²) in [4.78, 5) is 18.1. The molecule has 0 N–H and O–H groups in total. The number of hydrogen-bond donors (Lipinski definition) is 0. The fourth-order valence-electron chi connectivity index (χ4n) is 1.10. The fourth-order valence-corrected chi connectivity index (χ4v) is 1.53. The van der Waals surface area contributed by atoms with Crippen LogP contribution in [0.25, 0.3) is 0 Å². The maximum Gasteiger partial charge on any atom is 0.321 e. The number of carbonyl (C=O) groups excluding carboxylic acids is 1. The van der Waals surface area contributed by atoms with E-state index in [-0.39, 0.29) is 11.8 Å². The first-order valence-electron chi connectivity index (χ1n) is 4.59. The molecule has 2 rings (SSSR count). The van der Waals surface area contributed by atoms with Crippen LogP contribution in [0.1, 0.15) is 10.4 Å². The third-order valence-electron chi connectivity index (χ3n) is 1.88. The fraction of sp³-hybridized carbons (Fsp3) is 0. The molecule has 2 aromatic rings. The van der Waals surface area contributed by atoms with Crippen molar-refractivity contribution in [1.82, 2.24) is 9.97 Å². The molecule has 4 nitrogen and oxygen atoms in total. The maximum atomic E-state index is 12.8. The number of aldehydes is 1. The normalized spacial score (nSPS) is 10.0. The van der Waals surface area contributed by atoms with Crippen molar-refractivity contribution in [3.8, 4) is 11.8 Å². The summed E-state index contributed by atoms with van der Waals surface area (Å²) >= 11 is 3.16. The Hall–Kier alpha value is -1.82. The Balaban J connectivity index is 2.22. The Labute approximate surface area is 105 Å². The van der Waals surface area contributed by atoms with Gasteiger partial charge in [0.15, 0.2) is 6.29 Å². The lowest BCUT2D eigenvalue weighted by Gasteiger charge is -2.05. The van der Waals surface area contributed by atoms with Gasteiger partial charge in [-0.05, 0) is 34.1 Å². The standard InChI is InChI=1S/C11H6BrFN2O2/c12-9-3-8(13)1-2-10(9)17-11-14-4-7(6-16)5-15-11/h1-6H. The van der Waals surface area contributed by atoms with Gasteiger partial charge in [0.2, 0.25) is 0 Å². The third-order valence-corrected chi connectivity index (χ3v) is 2.50. The first kappa shape index (κ1) is 11.7. The summed E-state index contributed by atoms with van der Waals surface area (Å²) in [5, 5.41) is 0. The highest BCUT2D eigenvalue weighted by Gasteiger charge is 2.05. The van der Waals surface area contributed by atoms with Gasteiger partial charge in [-0.2, -0.15) is 0 Å². The zero-order valence-electron chi connectivity index (χ0n) is 8.43. The van der Waals surface area contributed by atoms with E-state index in [1.165, 1.54) is 30.6 Å². The molecule has 0 aliphatic heterocycles. The monoisotopic (exact) mass is 296 g/mol. The Bertz CT molecular complexity index is 546. The molecule has 0 atom stereocenters. The summed E-state index contributed by atoms with van der Waals surface area (Å²) in [7, 11) is 0. The van der Waals surface area contributed by atoms with Crippen LogP contribution in [0.3, 0.4) is 0 Å². The minimum absolute atomic E-state index is 0.0860. The lowest BCUT2D eigenvalue weighted by atomic mass is 10.3. The number of halogens is 2. The summed E-state index contributed by atoms with van der Waals surface area (Å²) in [6, 6.07) is 4.08. The van der Waals surface area contributed by atoms with Gasteiger partial charge in [-0.15, -0.1) is 0 Å². The molecular weight excluding hydrogens is 291 g/mol. The SMILES string of the molecule is O=Cc1cnc(Oc2ccc(F)cc2Br)nc1. The predicted octanol–water partition coefficient (Wildman–Crippen LogP) is 2.98. The topological polar surface area (TPSA) is 52.1 Å². The van der Waals surface area contributed by atoms with Crippen molar-refractivity contribution in [3.63, 3.8) is 0 Å². The molecule has 0 spiro atoms. The highest BCUT2D eigenvalue weighted by atomic mass is 79.9. The van der Waals surface area contributed by atoms with Crippen LogP contribution < -0.4 is 4.74 Å². The van der Waals surface area contributed by atoms with Gasteiger partial charge >= 0.3 is 6.01 Å². The van der Waals surface area contributed by atoms with E-state index in [2.05, 4.69) is 25.9 Å². The molecule has 0 saturated carbocycles. The molecule has 86 valence electrons. The van der Waals surface area contributed by atoms with Gasteiger partial charge in [-0.3, -0.25) is 4.79 Å². The number of benzene rings is 1. The largest absolute Gasteiger partial charge is 0.423 e. The summed E-state index contributed by atoms with van der Waals surface area (Å²) in [6.45, 7) is 0. The van der Waals surface area contributed by atoms with Gasteiger partial charge in [0, 0.05) is 12.4 Å². The van der Waals surface area contributed by atoms with Crippen LogP contribution in [0, 0.1) is 5.82 Å². The molecular formula is C11H6BrFN2O2. The second-order valence-electron chi connectivity index (χ2n) is 3.09. The average Bonchev–Trinajstić information content (AvgIpc) is 2.34. The third kappa shape index (κ3) is 2.85. The van der Waals surface area contributed by atoms with E-state index >= 15 is 0 Å². The molecule has 17 heavy (non-hydrogen) atoms. The van der Waals surface area contributed by atoms with E-state index in [1.54, 1.807) is 0 Å². The van der Waals surface area contributed by atoms with E-state index in [4.69, 9.17) is 4.74 Å². The first-order chi connectivity index (χ1) is 8.19. The molecule has 1 heterocycles. The molecule has 6 heteroatoms. The van der Waals surface area contributed by atoms with Crippen LogP contribution >= 0.6 is 15.9 Å². The van der Waals surface area contributed by atoms with Gasteiger partial charge in [0.25, 0.3) is 0 Å². The van der Waals surface area contributed by atoms with E-state index < -0.39 is 0 Å². The number of nitrogens with zero attached hydrogens (tertiary/aromatic N) is 2. The molecule has 0 amide bonds. The molecule has 0 bridgehead atoms. The molecule has 0 saturated heterocycles. The quantitative estimate of drug-likeness (QED) is 0.817. The molecule has 1 aromatic carbocycles. The number of hydrogen-bond acceptors (Lipinski definition) is 4. The van der Waals surface area contributed by atoms with E-state index in [9.17, 15) is 9.18 Å². The van der Waals surface area contributed by atoms with Crippen LogP contribution in [-0.2, 0) is 0 Å². The molecule has 0 radical (unpaired) electrons. The van der Waals surface area contributed by atoms with Crippen LogP contribution in [0.2, 0.25) is 0 Å². The number of carbonyl (C=O) groups is 1. The van der Waals surface area contributed by atoms with E-state index in [0.29, 0.717) is 22.1 Å². The summed E-state index contributed by atoms with van der Waals surface area (Å²) in [5.74, 6) is 0.0201. The zero-order chi connectivity index (χ0) is 12.3. The Morgan fingerprint density at radius 1 is 1.29 bits per heavy atom. The summed E-state index contributed by atoms with van der Waals surface area (Å²) < 4.78 is 18.6. The summed E-state index contributed by atoms with van der Waals surface area (Å²) in [5.41, 5.74) is 0.357. The number of rotatable bonds is 3. The summed E-state index contributed by atoms with van der Waals surface area (Å²) in [6.07, 6.45) is 3.32. The second-order valence-corrected chi connectivity index (χ2v) is 3.95. The number of aromatic nitrogens is 2. The van der Waals surface area contributed by atoms with Crippen molar-refractivity contribution in [1.29, 1.82) is 0 Å². The molecule has 0 unspecified atom stereocenters. The van der Waals surface area contributed by atoms with Gasteiger partial charge in [-0.25, -0.2) is 14.4 Å². The van der Waals surface area contributed by atoms with Crippen molar-refractivity contribution < 1.29 is 13.9 Å². The predicted molar refractivity (Wildman–Crippen MR) is 61.6 cm³/mol. The lowest BCUT2D eigenvalue weighted by molar-refractivity contribution is 0.112. The Morgan fingerprint density at radius 2 is 2.00 bits per heavy atom. The second kappa shape index (κ2) is 5.01. The van der Waals surface area contributed by atoms with Crippen molar-refractivity contribution in [3.05, 3.63) is 46.4 Å².